The highest BCUT2D eigenvalue weighted by Gasteiger charge is 2.10. The smallest absolute Gasteiger partial charge is 0.160 e. The van der Waals surface area contributed by atoms with Crippen LogP contribution in [0.1, 0.15) is 9.67 Å². The summed E-state index contributed by atoms with van der Waals surface area (Å²) in [7, 11) is 0. The molecule has 3 aromatic heterocycles. The number of rotatable bonds is 3. The number of aldehydes is 1. The molecule has 0 aliphatic heterocycles. The van der Waals surface area contributed by atoms with Crippen LogP contribution in [0, 0.1) is 0 Å². The molecule has 3 heterocycles. The van der Waals surface area contributed by atoms with Crippen molar-refractivity contribution >= 4 is 56.2 Å². The fourth-order valence-electron chi connectivity index (χ4n) is 1.61. The van der Waals surface area contributed by atoms with E-state index in [-0.39, 0.29) is 0 Å². The van der Waals surface area contributed by atoms with Gasteiger partial charge in [-0.2, -0.15) is 0 Å². The van der Waals surface area contributed by atoms with E-state index in [1.807, 2.05) is 12.1 Å². The van der Waals surface area contributed by atoms with Crippen LogP contribution in [0.15, 0.2) is 40.2 Å². The van der Waals surface area contributed by atoms with Crippen molar-refractivity contribution in [2.24, 2.45) is 0 Å². The van der Waals surface area contributed by atoms with Gasteiger partial charge in [-0.3, -0.25) is 4.79 Å². The fourth-order valence-corrected chi connectivity index (χ4v) is 5.39. The van der Waals surface area contributed by atoms with Crippen LogP contribution in [0.2, 0.25) is 0 Å². The first-order valence-electron chi connectivity index (χ1n) is 5.16. The largest absolute Gasteiger partial charge is 0.297 e. The van der Waals surface area contributed by atoms with Crippen LogP contribution in [-0.2, 0) is 0 Å². The van der Waals surface area contributed by atoms with Gasteiger partial charge in [-0.1, -0.05) is 0 Å². The van der Waals surface area contributed by atoms with Crippen LogP contribution >= 0.6 is 49.9 Å². The molecule has 0 aliphatic rings. The third kappa shape index (κ3) is 2.23. The summed E-state index contributed by atoms with van der Waals surface area (Å²) in [6.45, 7) is 0. The van der Waals surface area contributed by atoms with Crippen molar-refractivity contribution in [1.29, 1.82) is 0 Å². The van der Waals surface area contributed by atoms with Crippen LogP contribution in [0.25, 0.3) is 19.5 Å². The van der Waals surface area contributed by atoms with Crippen molar-refractivity contribution in [3.8, 4) is 19.5 Å². The molecule has 0 fully saturated rings. The zero-order chi connectivity index (χ0) is 12.5. The van der Waals surface area contributed by atoms with Gasteiger partial charge in [0.1, 0.15) is 0 Å². The van der Waals surface area contributed by atoms with Crippen molar-refractivity contribution in [2.45, 2.75) is 0 Å². The minimum absolute atomic E-state index is 0.775. The third-order valence-electron chi connectivity index (χ3n) is 2.43. The van der Waals surface area contributed by atoms with Gasteiger partial charge in [0.05, 0.1) is 9.75 Å². The first-order valence-corrected chi connectivity index (χ1v) is 8.47. The molecule has 0 aromatic carbocycles. The number of halogens is 1. The average Bonchev–Trinajstić information content (AvgIpc) is 3.07. The molecule has 0 saturated heterocycles. The summed E-state index contributed by atoms with van der Waals surface area (Å²) in [5, 5.41) is 2.08. The lowest BCUT2D eigenvalue weighted by atomic mass is 10.3. The van der Waals surface area contributed by atoms with Gasteiger partial charge in [-0.25, -0.2) is 0 Å². The number of thiophene rings is 3. The number of hydrogen-bond acceptors (Lipinski definition) is 4. The molecule has 0 N–H and O–H groups in total. The van der Waals surface area contributed by atoms with E-state index in [2.05, 4.69) is 39.5 Å². The summed E-state index contributed by atoms with van der Waals surface area (Å²) in [6, 6.07) is 10.2. The zero-order valence-electron chi connectivity index (χ0n) is 9.05. The van der Waals surface area contributed by atoms with E-state index in [1.54, 1.807) is 22.7 Å². The van der Waals surface area contributed by atoms with Gasteiger partial charge in [-0.05, 0) is 51.6 Å². The topological polar surface area (TPSA) is 17.1 Å². The summed E-state index contributed by atoms with van der Waals surface area (Å²) in [4.78, 5) is 16.4. The van der Waals surface area contributed by atoms with Gasteiger partial charge in [-0.15, -0.1) is 34.0 Å². The van der Waals surface area contributed by atoms with E-state index in [1.165, 1.54) is 26.0 Å². The van der Waals surface area contributed by atoms with Crippen molar-refractivity contribution in [3.63, 3.8) is 0 Å². The summed E-state index contributed by atoms with van der Waals surface area (Å²) < 4.78 is 1.14. The molecule has 0 saturated carbocycles. The molecule has 0 aliphatic carbocycles. The van der Waals surface area contributed by atoms with Gasteiger partial charge >= 0.3 is 0 Å². The lowest BCUT2D eigenvalue weighted by Crippen LogP contribution is -1.62. The highest BCUT2D eigenvalue weighted by Crippen LogP contribution is 2.41. The van der Waals surface area contributed by atoms with Gasteiger partial charge < -0.3 is 0 Å². The monoisotopic (exact) mass is 354 g/mol. The summed E-state index contributed by atoms with van der Waals surface area (Å²) in [5.74, 6) is 0. The molecule has 0 radical (unpaired) electrons. The van der Waals surface area contributed by atoms with Crippen LogP contribution in [0.4, 0.5) is 0 Å². The second kappa shape index (κ2) is 5.09. The zero-order valence-corrected chi connectivity index (χ0v) is 13.1. The molecule has 90 valence electrons. The van der Waals surface area contributed by atoms with E-state index < -0.39 is 0 Å². The predicted octanol–water partition coefficient (Wildman–Crippen LogP) is 5.78. The summed E-state index contributed by atoms with van der Waals surface area (Å²) in [5.41, 5.74) is 0. The van der Waals surface area contributed by atoms with Crippen LogP contribution in [0.5, 0.6) is 0 Å². The Labute approximate surface area is 125 Å². The quantitative estimate of drug-likeness (QED) is 0.544. The Morgan fingerprint density at radius 2 is 1.67 bits per heavy atom. The van der Waals surface area contributed by atoms with Crippen molar-refractivity contribution in [2.75, 3.05) is 0 Å². The molecule has 0 spiro atoms. The van der Waals surface area contributed by atoms with Crippen molar-refractivity contribution < 1.29 is 4.79 Å². The van der Waals surface area contributed by atoms with Crippen LogP contribution in [0.3, 0.4) is 0 Å². The molecule has 0 amide bonds. The first-order chi connectivity index (χ1) is 8.78. The van der Waals surface area contributed by atoms with Crippen LogP contribution < -0.4 is 0 Å². The summed E-state index contributed by atoms with van der Waals surface area (Å²) >= 11 is 8.58. The molecule has 0 bridgehead atoms. The van der Waals surface area contributed by atoms with E-state index in [0.29, 0.717) is 0 Å². The second-order valence-corrected chi connectivity index (χ2v) is 7.55. The van der Waals surface area contributed by atoms with E-state index in [0.717, 1.165) is 20.5 Å². The molecule has 1 nitrogen and oxygen atoms in total. The average molecular weight is 355 g/mol. The minimum atomic E-state index is 0.775. The van der Waals surface area contributed by atoms with E-state index in [9.17, 15) is 4.79 Å². The van der Waals surface area contributed by atoms with Crippen molar-refractivity contribution in [1.82, 2.24) is 0 Å². The lowest BCUT2D eigenvalue weighted by Gasteiger charge is -1.92. The molecular formula is C13H7BrOS3. The maximum atomic E-state index is 10.7. The standard InChI is InChI=1S/C13H7BrOS3/c14-9-5-6-16-13(9)12-4-3-11(18-12)10-2-1-8(7-15)17-10/h1-7H. The maximum Gasteiger partial charge on any atom is 0.160 e. The molecule has 5 heteroatoms. The molecule has 18 heavy (non-hydrogen) atoms. The highest BCUT2D eigenvalue weighted by atomic mass is 79.9. The minimum Gasteiger partial charge on any atom is -0.297 e. The number of carbonyl (C=O) groups is 1. The number of hydrogen-bond donors (Lipinski definition) is 0. The Morgan fingerprint density at radius 1 is 0.944 bits per heavy atom. The second-order valence-electron chi connectivity index (χ2n) is 3.58. The number of carbonyl (C=O) groups excluding carboxylic acids is 1. The van der Waals surface area contributed by atoms with Crippen molar-refractivity contribution in [3.05, 3.63) is 45.1 Å². The molecule has 0 atom stereocenters. The van der Waals surface area contributed by atoms with E-state index >= 15 is 0 Å². The first kappa shape index (κ1) is 12.3. The van der Waals surface area contributed by atoms with Gasteiger partial charge in [0.15, 0.2) is 6.29 Å². The van der Waals surface area contributed by atoms with Crippen LogP contribution in [-0.4, -0.2) is 6.29 Å². The SMILES string of the molecule is O=Cc1ccc(-c2ccc(-c3sccc3Br)s2)s1. The Morgan fingerprint density at radius 3 is 2.33 bits per heavy atom. The highest BCUT2D eigenvalue weighted by molar-refractivity contribution is 9.10. The Bertz CT molecular complexity index is 692. The molecule has 3 rings (SSSR count). The van der Waals surface area contributed by atoms with Gasteiger partial charge in [0.2, 0.25) is 0 Å². The molecular weight excluding hydrogens is 348 g/mol. The third-order valence-corrected chi connectivity index (χ3v) is 6.74. The molecule has 0 unspecified atom stereocenters. The normalized spacial score (nSPS) is 10.7. The Balaban J connectivity index is 1.99. The van der Waals surface area contributed by atoms with Gasteiger partial charge in [0.25, 0.3) is 0 Å². The predicted molar refractivity (Wildman–Crippen MR) is 84.0 cm³/mol. The Kier molecular flexibility index (Phi) is 3.48. The lowest BCUT2D eigenvalue weighted by molar-refractivity contribution is 0.112. The van der Waals surface area contributed by atoms with Gasteiger partial charge in [0, 0.05) is 19.1 Å². The Hall–Kier alpha value is -0.750. The summed E-state index contributed by atoms with van der Waals surface area (Å²) in [6.07, 6.45) is 0.901. The van der Waals surface area contributed by atoms with E-state index in [4.69, 9.17) is 0 Å². The molecule has 3 aromatic rings. The maximum absolute atomic E-state index is 10.7. The fraction of sp³-hybridized carbons (Fsp3) is 0.